The molecule has 26 heavy (non-hydrogen) atoms. The Morgan fingerprint density at radius 1 is 1.42 bits per heavy atom. The minimum Gasteiger partial charge on any atom is -0.361 e. The first-order chi connectivity index (χ1) is 12.2. The second kappa shape index (κ2) is 7.01. The van der Waals surface area contributed by atoms with E-state index in [9.17, 15) is 9.18 Å². The molecule has 1 fully saturated rings. The largest absolute Gasteiger partial charge is 0.361 e. The number of rotatable bonds is 5. The number of nitrogens with zero attached hydrogens (tertiary/aromatic N) is 4. The van der Waals surface area contributed by atoms with Crippen molar-refractivity contribution in [2.24, 2.45) is 5.41 Å². The number of hydrogen-bond acceptors (Lipinski definition) is 6. The molecule has 2 aromatic heterocycles. The summed E-state index contributed by atoms with van der Waals surface area (Å²) in [6.45, 7) is 8.76. The Labute approximate surface area is 152 Å². The summed E-state index contributed by atoms with van der Waals surface area (Å²) in [5, 5.41) is 7.19. The molecule has 0 unspecified atom stereocenters. The monoisotopic (exact) mass is 361 g/mol. The number of carbonyl (C=O) groups excluding carboxylic acids is 1. The van der Waals surface area contributed by atoms with Crippen LogP contribution in [0, 0.1) is 11.2 Å². The number of aromatic nitrogens is 3. The highest BCUT2D eigenvalue weighted by molar-refractivity contribution is 5.94. The van der Waals surface area contributed by atoms with Crippen LogP contribution in [0.1, 0.15) is 58.0 Å². The number of anilines is 2. The number of halogens is 1. The van der Waals surface area contributed by atoms with E-state index in [-0.39, 0.29) is 29.1 Å². The van der Waals surface area contributed by atoms with Gasteiger partial charge < -0.3 is 9.84 Å². The van der Waals surface area contributed by atoms with E-state index < -0.39 is 5.82 Å². The fourth-order valence-electron chi connectivity index (χ4n) is 2.90. The summed E-state index contributed by atoms with van der Waals surface area (Å²) in [6.07, 6.45) is 2.98. The maximum atomic E-state index is 14.0. The first-order valence-electron chi connectivity index (χ1n) is 8.78. The molecule has 1 atom stereocenters. The number of carbonyl (C=O) groups is 1. The van der Waals surface area contributed by atoms with Crippen LogP contribution in [0.2, 0.25) is 0 Å². The quantitative estimate of drug-likeness (QED) is 0.877. The SMILES string of the molecule is C[C@H](Nc1ncc(F)c(N2CCCC2=O)n1)c1cc(CC(C)(C)C)on1. The van der Waals surface area contributed by atoms with Gasteiger partial charge in [0.05, 0.1) is 12.2 Å². The lowest BCUT2D eigenvalue weighted by Gasteiger charge is -2.17. The first kappa shape index (κ1) is 18.3. The molecule has 0 spiro atoms. The van der Waals surface area contributed by atoms with Crippen molar-refractivity contribution in [3.63, 3.8) is 0 Å². The minimum absolute atomic E-state index is 0.0192. The first-order valence-corrected chi connectivity index (χ1v) is 8.78. The van der Waals surface area contributed by atoms with E-state index in [2.05, 4.69) is 41.2 Å². The number of nitrogens with one attached hydrogen (secondary N) is 1. The van der Waals surface area contributed by atoms with Crippen LogP contribution in [-0.4, -0.2) is 27.6 Å². The molecule has 0 radical (unpaired) electrons. The molecule has 0 bridgehead atoms. The van der Waals surface area contributed by atoms with Crippen molar-refractivity contribution < 1.29 is 13.7 Å². The summed E-state index contributed by atoms with van der Waals surface area (Å²) < 4.78 is 19.4. The van der Waals surface area contributed by atoms with Crippen LogP contribution in [0.15, 0.2) is 16.8 Å². The molecule has 8 heteroatoms. The lowest BCUT2D eigenvalue weighted by atomic mass is 9.91. The van der Waals surface area contributed by atoms with Gasteiger partial charge in [-0.3, -0.25) is 9.69 Å². The Kier molecular flexibility index (Phi) is 4.93. The number of hydrogen-bond donors (Lipinski definition) is 1. The zero-order chi connectivity index (χ0) is 18.9. The Bertz CT molecular complexity index is 799. The third-order valence-electron chi connectivity index (χ3n) is 4.13. The maximum Gasteiger partial charge on any atom is 0.228 e. The molecule has 1 N–H and O–H groups in total. The lowest BCUT2D eigenvalue weighted by Crippen LogP contribution is -2.26. The van der Waals surface area contributed by atoms with Crippen molar-refractivity contribution in [1.29, 1.82) is 0 Å². The van der Waals surface area contributed by atoms with E-state index in [1.165, 1.54) is 4.90 Å². The van der Waals surface area contributed by atoms with Gasteiger partial charge in [-0.15, -0.1) is 0 Å². The van der Waals surface area contributed by atoms with Crippen molar-refractivity contribution in [3.8, 4) is 0 Å². The van der Waals surface area contributed by atoms with Gasteiger partial charge in [-0.05, 0) is 18.8 Å². The molecule has 1 aliphatic heterocycles. The Balaban J connectivity index is 1.73. The van der Waals surface area contributed by atoms with Gasteiger partial charge in [0.1, 0.15) is 11.5 Å². The highest BCUT2D eigenvalue weighted by atomic mass is 19.1. The molecular weight excluding hydrogens is 337 g/mol. The van der Waals surface area contributed by atoms with Gasteiger partial charge in [0, 0.05) is 25.5 Å². The Morgan fingerprint density at radius 2 is 2.19 bits per heavy atom. The second-order valence-corrected chi connectivity index (χ2v) is 7.84. The van der Waals surface area contributed by atoms with Crippen molar-refractivity contribution in [2.45, 2.75) is 53.0 Å². The molecule has 1 amide bonds. The normalized spacial score (nSPS) is 16.2. The minimum atomic E-state index is -0.604. The average molecular weight is 361 g/mol. The molecule has 0 aliphatic carbocycles. The van der Waals surface area contributed by atoms with Crippen molar-refractivity contribution in [2.75, 3.05) is 16.8 Å². The Hall–Kier alpha value is -2.51. The van der Waals surface area contributed by atoms with Gasteiger partial charge >= 0.3 is 0 Å². The smallest absolute Gasteiger partial charge is 0.228 e. The molecule has 0 aromatic carbocycles. The van der Waals surface area contributed by atoms with E-state index in [4.69, 9.17) is 4.52 Å². The number of amides is 1. The third-order valence-corrected chi connectivity index (χ3v) is 4.13. The summed E-state index contributed by atoms with van der Waals surface area (Å²) in [5.74, 6) is 0.349. The second-order valence-electron chi connectivity index (χ2n) is 7.84. The van der Waals surface area contributed by atoms with Crippen LogP contribution in [0.25, 0.3) is 0 Å². The molecular formula is C18H24FN5O2. The van der Waals surface area contributed by atoms with Crippen LogP contribution in [0.3, 0.4) is 0 Å². The van der Waals surface area contributed by atoms with E-state index in [0.29, 0.717) is 19.4 Å². The Morgan fingerprint density at radius 3 is 2.85 bits per heavy atom. The van der Waals surface area contributed by atoms with Crippen molar-refractivity contribution in [3.05, 3.63) is 29.5 Å². The molecule has 7 nitrogen and oxygen atoms in total. The zero-order valence-electron chi connectivity index (χ0n) is 15.5. The third kappa shape index (κ3) is 4.17. The molecule has 1 saturated heterocycles. The van der Waals surface area contributed by atoms with Crippen molar-refractivity contribution >= 4 is 17.7 Å². The summed E-state index contributed by atoms with van der Waals surface area (Å²) >= 11 is 0. The van der Waals surface area contributed by atoms with Gasteiger partial charge in [-0.1, -0.05) is 25.9 Å². The summed E-state index contributed by atoms with van der Waals surface area (Å²) in [5.41, 5.74) is 0.820. The summed E-state index contributed by atoms with van der Waals surface area (Å²) in [7, 11) is 0. The predicted octanol–water partition coefficient (Wildman–Crippen LogP) is 3.49. The van der Waals surface area contributed by atoms with Gasteiger partial charge in [0.2, 0.25) is 11.9 Å². The fraction of sp³-hybridized carbons (Fsp3) is 0.556. The van der Waals surface area contributed by atoms with E-state index in [0.717, 1.165) is 24.1 Å². The van der Waals surface area contributed by atoms with E-state index in [1.54, 1.807) is 0 Å². The topological polar surface area (TPSA) is 84.2 Å². The maximum absolute atomic E-state index is 14.0. The average Bonchev–Trinajstić information content (AvgIpc) is 3.17. The molecule has 3 heterocycles. The van der Waals surface area contributed by atoms with Crippen molar-refractivity contribution in [1.82, 2.24) is 15.1 Å². The summed E-state index contributed by atoms with van der Waals surface area (Å²) in [6, 6.07) is 1.68. The van der Waals surface area contributed by atoms with Crippen LogP contribution >= 0.6 is 0 Å². The van der Waals surface area contributed by atoms with E-state index >= 15 is 0 Å². The van der Waals surface area contributed by atoms with Gasteiger partial charge in [0.15, 0.2) is 11.6 Å². The molecule has 0 saturated carbocycles. The standard InChI is InChI=1S/C18H24FN5O2/c1-11(14-8-12(26-23-14)9-18(2,3)4)21-17-20-10-13(19)16(22-17)24-7-5-6-15(24)25/h8,10-11H,5-7,9H2,1-4H3,(H,20,21,22)/t11-/m0/s1. The highest BCUT2D eigenvalue weighted by Gasteiger charge is 2.26. The summed E-state index contributed by atoms with van der Waals surface area (Å²) in [4.78, 5) is 21.4. The highest BCUT2D eigenvalue weighted by Crippen LogP contribution is 2.26. The predicted molar refractivity (Wildman–Crippen MR) is 95.3 cm³/mol. The molecule has 1 aliphatic rings. The zero-order valence-corrected chi connectivity index (χ0v) is 15.5. The van der Waals surface area contributed by atoms with Crippen LogP contribution in [-0.2, 0) is 11.2 Å². The fourth-order valence-corrected chi connectivity index (χ4v) is 2.90. The van der Waals surface area contributed by atoms with Crippen LogP contribution < -0.4 is 10.2 Å². The van der Waals surface area contributed by atoms with E-state index in [1.807, 2.05) is 13.0 Å². The molecule has 2 aromatic rings. The molecule has 3 rings (SSSR count). The van der Waals surface area contributed by atoms with Crippen LogP contribution in [0.4, 0.5) is 16.2 Å². The van der Waals surface area contributed by atoms with Crippen LogP contribution in [0.5, 0.6) is 0 Å². The lowest BCUT2D eigenvalue weighted by molar-refractivity contribution is -0.117. The molecule has 140 valence electrons. The van der Waals surface area contributed by atoms with Gasteiger partial charge in [-0.2, -0.15) is 4.98 Å². The van der Waals surface area contributed by atoms with Gasteiger partial charge in [-0.25, -0.2) is 9.37 Å². The van der Waals surface area contributed by atoms with Gasteiger partial charge in [0.25, 0.3) is 0 Å².